The van der Waals surface area contributed by atoms with Crippen molar-refractivity contribution < 1.29 is 9.53 Å². The van der Waals surface area contributed by atoms with Gasteiger partial charge in [0.05, 0.1) is 10.0 Å². The molecule has 2 atom stereocenters. The minimum absolute atomic E-state index is 0.00432. The van der Waals surface area contributed by atoms with Crippen LogP contribution in [0.5, 0.6) is 0 Å². The van der Waals surface area contributed by atoms with Gasteiger partial charge in [-0.2, -0.15) is 0 Å². The van der Waals surface area contributed by atoms with Crippen molar-refractivity contribution in [3.05, 3.63) is 57.3 Å². The second-order valence-corrected chi connectivity index (χ2v) is 10.9. The van der Waals surface area contributed by atoms with Crippen molar-refractivity contribution in [2.75, 3.05) is 13.1 Å². The van der Waals surface area contributed by atoms with Gasteiger partial charge in [0, 0.05) is 42.4 Å². The summed E-state index contributed by atoms with van der Waals surface area (Å²) in [6.07, 6.45) is 3.89. The molecule has 0 bridgehead atoms. The van der Waals surface area contributed by atoms with Gasteiger partial charge in [0.1, 0.15) is 5.60 Å². The van der Waals surface area contributed by atoms with Crippen LogP contribution in [0.2, 0.25) is 10.0 Å². The zero-order valence-electron chi connectivity index (χ0n) is 18.4. The lowest BCUT2D eigenvalue weighted by molar-refractivity contribution is 0.0126. The summed E-state index contributed by atoms with van der Waals surface area (Å²) in [5.74, 6) is 0. The number of nitrogens with zero attached hydrogens (tertiary/aromatic N) is 2. The summed E-state index contributed by atoms with van der Waals surface area (Å²) in [5, 5.41) is 1.16. The maximum atomic E-state index is 12.8. The molecule has 2 unspecified atom stereocenters. The van der Waals surface area contributed by atoms with Crippen LogP contribution in [0.25, 0.3) is 0 Å². The van der Waals surface area contributed by atoms with E-state index in [-0.39, 0.29) is 16.9 Å². The molecule has 2 heterocycles. The number of aromatic nitrogens is 1. The lowest BCUT2D eigenvalue weighted by Crippen LogP contribution is -2.48. The average molecular weight is 449 g/mol. The van der Waals surface area contributed by atoms with Crippen LogP contribution in [-0.2, 0) is 16.7 Å². The molecular weight excluding hydrogens is 419 g/mol. The normalized spacial score (nSPS) is 25.8. The van der Waals surface area contributed by atoms with Crippen LogP contribution in [0.1, 0.15) is 50.4 Å². The lowest BCUT2D eigenvalue weighted by atomic mass is 9.80. The molecule has 1 saturated heterocycles. The van der Waals surface area contributed by atoms with Gasteiger partial charge in [-0.05, 0) is 76.8 Å². The van der Waals surface area contributed by atoms with E-state index in [1.165, 1.54) is 16.8 Å². The van der Waals surface area contributed by atoms with Gasteiger partial charge in [0.15, 0.2) is 0 Å². The van der Waals surface area contributed by atoms with Gasteiger partial charge >= 0.3 is 6.09 Å². The number of piperidine rings is 1. The Morgan fingerprint density at radius 3 is 2.50 bits per heavy atom. The molecule has 162 valence electrons. The number of rotatable bonds is 3. The first-order valence-corrected chi connectivity index (χ1v) is 11.3. The highest BCUT2D eigenvalue weighted by atomic mass is 35.5. The van der Waals surface area contributed by atoms with Gasteiger partial charge in [-0.1, -0.05) is 29.3 Å². The van der Waals surface area contributed by atoms with E-state index in [1.54, 1.807) is 0 Å². The van der Waals surface area contributed by atoms with Crippen LogP contribution in [-0.4, -0.2) is 34.3 Å². The molecule has 1 aliphatic heterocycles. The Kier molecular flexibility index (Phi) is 5.18. The highest BCUT2D eigenvalue weighted by molar-refractivity contribution is 6.42. The molecule has 4 nitrogen and oxygen atoms in total. The number of carbonyl (C=O) groups is 1. The van der Waals surface area contributed by atoms with E-state index in [9.17, 15) is 4.79 Å². The molecule has 2 fully saturated rings. The van der Waals surface area contributed by atoms with Crippen molar-refractivity contribution in [3.63, 3.8) is 0 Å². The topological polar surface area (TPSA) is 34.5 Å². The predicted molar refractivity (Wildman–Crippen MR) is 122 cm³/mol. The summed E-state index contributed by atoms with van der Waals surface area (Å²) in [5.41, 5.74) is 3.18. The van der Waals surface area contributed by atoms with Crippen LogP contribution in [0.4, 0.5) is 4.79 Å². The minimum Gasteiger partial charge on any atom is -0.444 e. The summed E-state index contributed by atoms with van der Waals surface area (Å²) >= 11 is 12.6. The monoisotopic (exact) mass is 448 g/mol. The summed E-state index contributed by atoms with van der Waals surface area (Å²) in [4.78, 5) is 14.7. The smallest absolute Gasteiger partial charge is 0.410 e. The van der Waals surface area contributed by atoms with Crippen LogP contribution in [0, 0.1) is 19.3 Å². The molecule has 30 heavy (non-hydrogen) atoms. The Balaban J connectivity index is 1.67. The number of amides is 1. The van der Waals surface area contributed by atoms with Crippen molar-refractivity contribution in [3.8, 4) is 0 Å². The quantitative estimate of drug-likeness (QED) is 0.545. The molecule has 2 aliphatic rings. The molecule has 0 spiro atoms. The standard InChI is InChI=1S/C24H30Cl2N2O2/c1-16-10-17(2)28(12-16)15-23-13-24(23,18-6-7-19(25)20(26)11-18)8-9-27(14-23)21(29)30-22(3,4)5/h6-7,10-12H,8-9,13-15H2,1-5H3. The summed E-state index contributed by atoms with van der Waals surface area (Å²) in [6, 6.07) is 8.21. The maximum Gasteiger partial charge on any atom is 0.410 e. The van der Waals surface area contributed by atoms with E-state index in [4.69, 9.17) is 27.9 Å². The molecule has 1 aromatic heterocycles. The van der Waals surface area contributed by atoms with Crippen LogP contribution >= 0.6 is 23.2 Å². The Labute approximate surface area is 189 Å². The number of hydrogen-bond acceptors (Lipinski definition) is 2. The lowest BCUT2D eigenvalue weighted by Gasteiger charge is -2.39. The molecule has 2 aromatic rings. The maximum absolute atomic E-state index is 12.8. The number of halogens is 2. The number of likely N-dealkylation sites (tertiary alicyclic amines) is 1. The Hall–Kier alpha value is -1.65. The molecule has 4 rings (SSSR count). The highest BCUT2D eigenvalue weighted by Gasteiger charge is 2.70. The molecule has 1 aromatic carbocycles. The van der Waals surface area contributed by atoms with Gasteiger partial charge in [0.25, 0.3) is 0 Å². The number of benzene rings is 1. The van der Waals surface area contributed by atoms with Crippen molar-refractivity contribution in [2.45, 2.75) is 65.0 Å². The van der Waals surface area contributed by atoms with E-state index in [2.05, 4.69) is 36.7 Å². The minimum atomic E-state index is -0.500. The zero-order valence-corrected chi connectivity index (χ0v) is 19.9. The predicted octanol–water partition coefficient (Wildman–Crippen LogP) is 6.38. The number of ether oxygens (including phenoxy) is 1. The van der Waals surface area contributed by atoms with E-state index in [0.29, 0.717) is 23.1 Å². The van der Waals surface area contributed by atoms with Gasteiger partial charge in [0.2, 0.25) is 0 Å². The SMILES string of the molecule is Cc1cc(C)n(CC23CN(C(=O)OC(C)(C)C)CCC2(c2ccc(Cl)c(Cl)c2)C3)c1. The number of fused-ring (bicyclic) bond motifs is 1. The Morgan fingerprint density at radius 2 is 1.90 bits per heavy atom. The van der Waals surface area contributed by atoms with E-state index in [1.807, 2.05) is 37.8 Å². The van der Waals surface area contributed by atoms with E-state index >= 15 is 0 Å². The first-order chi connectivity index (χ1) is 13.9. The van der Waals surface area contributed by atoms with Gasteiger partial charge < -0.3 is 14.2 Å². The second kappa shape index (κ2) is 7.20. The molecule has 0 N–H and O–H groups in total. The fourth-order valence-corrected chi connectivity index (χ4v) is 5.54. The third-order valence-corrected chi connectivity index (χ3v) is 7.42. The highest BCUT2D eigenvalue weighted by Crippen LogP contribution is 2.70. The van der Waals surface area contributed by atoms with Crippen LogP contribution < -0.4 is 0 Å². The van der Waals surface area contributed by atoms with Crippen molar-refractivity contribution in [2.24, 2.45) is 5.41 Å². The van der Waals surface area contributed by atoms with Crippen LogP contribution in [0.15, 0.2) is 30.5 Å². The van der Waals surface area contributed by atoms with Crippen molar-refractivity contribution >= 4 is 29.3 Å². The van der Waals surface area contributed by atoms with E-state index < -0.39 is 5.60 Å². The molecule has 0 radical (unpaired) electrons. The largest absolute Gasteiger partial charge is 0.444 e. The first-order valence-electron chi connectivity index (χ1n) is 10.5. The van der Waals surface area contributed by atoms with Gasteiger partial charge in [-0.3, -0.25) is 0 Å². The van der Waals surface area contributed by atoms with Gasteiger partial charge in [-0.25, -0.2) is 4.79 Å². The Bertz CT molecular complexity index is 994. The fraction of sp³-hybridized carbons (Fsp3) is 0.542. The molecule has 1 amide bonds. The number of aryl methyl sites for hydroxylation is 2. The van der Waals surface area contributed by atoms with E-state index in [0.717, 1.165) is 19.4 Å². The summed E-state index contributed by atoms with van der Waals surface area (Å²) in [6.45, 7) is 12.2. The number of hydrogen-bond donors (Lipinski definition) is 0. The number of carbonyl (C=O) groups excluding carboxylic acids is 1. The summed E-state index contributed by atoms with van der Waals surface area (Å²) in [7, 11) is 0. The third-order valence-electron chi connectivity index (χ3n) is 6.68. The third kappa shape index (κ3) is 3.73. The molecule has 1 saturated carbocycles. The van der Waals surface area contributed by atoms with Crippen molar-refractivity contribution in [1.82, 2.24) is 9.47 Å². The second-order valence-electron chi connectivity index (χ2n) is 10.1. The van der Waals surface area contributed by atoms with Crippen LogP contribution in [0.3, 0.4) is 0 Å². The molecule has 1 aliphatic carbocycles. The first kappa shape index (κ1) is 21.6. The Morgan fingerprint density at radius 1 is 1.17 bits per heavy atom. The fourth-order valence-electron chi connectivity index (χ4n) is 5.24. The molecule has 6 heteroatoms. The molecular formula is C24H30Cl2N2O2. The summed E-state index contributed by atoms with van der Waals surface area (Å²) < 4.78 is 8.01. The average Bonchev–Trinajstić information content (AvgIpc) is 3.20. The van der Waals surface area contributed by atoms with Gasteiger partial charge in [-0.15, -0.1) is 0 Å². The zero-order chi connectivity index (χ0) is 21.9. The van der Waals surface area contributed by atoms with Crippen molar-refractivity contribution in [1.29, 1.82) is 0 Å².